The average Bonchev–Trinajstić information content (AvgIpc) is 2.78. The molecular weight excluding hydrogens is 464 g/mol. The van der Waals surface area contributed by atoms with E-state index in [1.165, 1.54) is 36.4 Å². The topological polar surface area (TPSA) is 144 Å². The van der Waals surface area contributed by atoms with Gasteiger partial charge in [0.2, 0.25) is 0 Å². The number of hydrogen-bond donors (Lipinski definition) is 2. The Labute approximate surface area is 198 Å². The van der Waals surface area contributed by atoms with Gasteiger partial charge in [0, 0.05) is 30.0 Å². The van der Waals surface area contributed by atoms with E-state index in [0.717, 1.165) is 17.7 Å². The largest absolute Gasteiger partial charge is 0.321 e. The van der Waals surface area contributed by atoms with Crippen molar-refractivity contribution in [3.8, 4) is 0 Å². The first-order chi connectivity index (χ1) is 16.1. The Bertz CT molecular complexity index is 1340. The fourth-order valence-electron chi connectivity index (χ4n) is 2.96. The lowest BCUT2D eigenvalue weighted by molar-refractivity contribution is -0.385. The second-order valence-corrected chi connectivity index (χ2v) is 7.52. The molecule has 3 aromatic carbocycles. The van der Waals surface area contributed by atoms with Crippen LogP contribution in [0.1, 0.15) is 21.5 Å². The van der Waals surface area contributed by atoms with E-state index in [1.54, 1.807) is 18.2 Å². The van der Waals surface area contributed by atoms with Gasteiger partial charge in [0.25, 0.3) is 23.2 Å². The molecule has 34 heavy (non-hydrogen) atoms. The molecule has 0 aliphatic carbocycles. The number of non-ortho nitro benzene ring substituents is 2. The van der Waals surface area contributed by atoms with Crippen molar-refractivity contribution in [3.63, 3.8) is 0 Å². The summed E-state index contributed by atoms with van der Waals surface area (Å²) in [6, 6.07) is 15.7. The summed E-state index contributed by atoms with van der Waals surface area (Å²) < 4.78 is 0. The number of amides is 2. The van der Waals surface area contributed by atoms with Gasteiger partial charge in [-0.15, -0.1) is 0 Å². The quantitative estimate of drug-likeness (QED) is 0.280. The summed E-state index contributed by atoms with van der Waals surface area (Å²) >= 11 is 6.04. The maximum Gasteiger partial charge on any atom is 0.272 e. The highest BCUT2D eigenvalue weighted by molar-refractivity contribution is 6.34. The molecule has 10 nitrogen and oxygen atoms in total. The molecule has 2 N–H and O–H groups in total. The molecule has 0 aliphatic heterocycles. The van der Waals surface area contributed by atoms with Crippen molar-refractivity contribution in [1.82, 2.24) is 5.32 Å². The zero-order valence-corrected chi connectivity index (χ0v) is 18.4. The summed E-state index contributed by atoms with van der Waals surface area (Å²) in [6.45, 7) is 1.83. The lowest BCUT2D eigenvalue weighted by Gasteiger charge is -2.12. The van der Waals surface area contributed by atoms with Crippen LogP contribution >= 0.6 is 11.6 Å². The molecule has 0 radical (unpaired) electrons. The van der Waals surface area contributed by atoms with Gasteiger partial charge in [-0.3, -0.25) is 29.8 Å². The number of nitrogens with one attached hydrogen (secondary N) is 2. The SMILES string of the molecule is Cc1cccc(NC(=O)/C(=C/c2cccc([N+](=O)[O-])c2)NC(=O)c2cc([N+](=O)[O-])ccc2Cl)c1. The van der Waals surface area contributed by atoms with Crippen LogP contribution in [0.5, 0.6) is 0 Å². The number of aryl methyl sites for hydroxylation is 1. The number of nitro benzene ring substituents is 2. The Morgan fingerprint density at radius 1 is 0.912 bits per heavy atom. The van der Waals surface area contributed by atoms with E-state index in [4.69, 9.17) is 11.6 Å². The van der Waals surface area contributed by atoms with Gasteiger partial charge in [-0.2, -0.15) is 0 Å². The number of anilines is 1. The molecular formula is C23H17ClN4O6. The Morgan fingerprint density at radius 3 is 2.26 bits per heavy atom. The van der Waals surface area contributed by atoms with E-state index in [9.17, 15) is 29.8 Å². The molecule has 0 aliphatic rings. The first kappa shape index (κ1) is 24.1. The highest BCUT2D eigenvalue weighted by Crippen LogP contribution is 2.23. The van der Waals surface area contributed by atoms with Gasteiger partial charge >= 0.3 is 0 Å². The number of carbonyl (C=O) groups excluding carboxylic acids is 2. The number of benzene rings is 3. The van der Waals surface area contributed by atoms with E-state index in [2.05, 4.69) is 10.6 Å². The highest BCUT2D eigenvalue weighted by atomic mass is 35.5. The Hall–Kier alpha value is -4.57. The van der Waals surface area contributed by atoms with Crippen LogP contribution in [0, 0.1) is 27.2 Å². The molecule has 0 saturated heterocycles. The normalized spacial score (nSPS) is 10.9. The van der Waals surface area contributed by atoms with E-state index in [1.807, 2.05) is 13.0 Å². The molecule has 0 heterocycles. The fourth-order valence-corrected chi connectivity index (χ4v) is 3.17. The van der Waals surface area contributed by atoms with Crippen LogP contribution in [0.3, 0.4) is 0 Å². The van der Waals surface area contributed by atoms with Crippen LogP contribution in [0.25, 0.3) is 6.08 Å². The summed E-state index contributed by atoms with van der Waals surface area (Å²) in [5.74, 6) is -1.59. The summed E-state index contributed by atoms with van der Waals surface area (Å²) in [6.07, 6.45) is 1.25. The van der Waals surface area contributed by atoms with Crippen LogP contribution in [0.2, 0.25) is 5.02 Å². The van der Waals surface area contributed by atoms with Gasteiger partial charge in [-0.25, -0.2) is 0 Å². The molecule has 0 atom stereocenters. The third-order valence-corrected chi connectivity index (χ3v) is 4.90. The first-order valence-corrected chi connectivity index (χ1v) is 10.1. The molecule has 11 heteroatoms. The first-order valence-electron chi connectivity index (χ1n) is 9.73. The van der Waals surface area contributed by atoms with E-state index in [-0.39, 0.29) is 33.2 Å². The maximum absolute atomic E-state index is 13.0. The van der Waals surface area contributed by atoms with Gasteiger partial charge in [-0.05, 0) is 42.3 Å². The zero-order valence-electron chi connectivity index (χ0n) is 17.7. The summed E-state index contributed by atoms with van der Waals surface area (Å²) in [5, 5.41) is 27.2. The van der Waals surface area contributed by atoms with Crippen LogP contribution in [0.4, 0.5) is 17.1 Å². The summed E-state index contributed by atoms with van der Waals surface area (Å²) in [4.78, 5) is 46.8. The second-order valence-electron chi connectivity index (χ2n) is 7.11. The monoisotopic (exact) mass is 480 g/mol. The molecule has 0 unspecified atom stereocenters. The smallest absolute Gasteiger partial charge is 0.272 e. The van der Waals surface area contributed by atoms with Crippen LogP contribution in [-0.4, -0.2) is 21.7 Å². The Kier molecular flexibility index (Phi) is 7.34. The number of carbonyl (C=O) groups is 2. The van der Waals surface area contributed by atoms with Gasteiger partial charge in [-0.1, -0.05) is 35.9 Å². The molecule has 3 rings (SSSR count). The molecule has 0 spiro atoms. The third kappa shape index (κ3) is 6.02. The predicted octanol–water partition coefficient (Wildman–Crippen LogP) is 4.87. The second kappa shape index (κ2) is 10.4. The van der Waals surface area contributed by atoms with Crippen molar-refractivity contribution in [2.45, 2.75) is 6.92 Å². The number of nitrogens with zero attached hydrogens (tertiary/aromatic N) is 2. The van der Waals surface area contributed by atoms with Crippen molar-refractivity contribution < 1.29 is 19.4 Å². The third-order valence-electron chi connectivity index (χ3n) is 4.57. The van der Waals surface area contributed by atoms with E-state index < -0.39 is 21.7 Å². The fraction of sp³-hybridized carbons (Fsp3) is 0.0435. The minimum atomic E-state index is -0.871. The molecule has 3 aromatic rings. The van der Waals surface area contributed by atoms with Crippen molar-refractivity contribution >= 4 is 46.6 Å². The van der Waals surface area contributed by atoms with Crippen molar-refractivity contribution in [2.24, 2.45) is 0 Å². The van der Waals surface area contributed by atoms with Crippen molar-refractivity contribution in [1.29, 1.82) is 0 Å². The van der Waals surface area contributed by atoms with Gasteiger partial charge in [0.1, 0.15) is 5.70 Å². The molecule has 0 fully saturated rings. The van der Waals surface area contributed by atoms with Crippen LogP contribution < -0.4 is 10.6 Å². The molecule has 172 valence electrons. The molecule has 0 saturated carbocycles. The Morgan fingerprint density at radius 2 is 1.59 bits per heavy atom. The van der Waals surface area contributed by atoms with E-state index >= 15 is 0 Å². The van der Waals surface area contributed by atoms with Crippen LogP contribution in [0.15, 0.2) is 72.4 Å². The number of nitro groups is 2. The highest BCUT2D eigenvalue weighted by Gasteiger charge is 2.20. The van der Waals surface area contributed by atoms with E-state index in [0.29, 0.717) is 5.69 Å². The Balaban J connectivity index is 1.99. The molecule has 0 bridgehead atoms. The number of halogens is 1. The number of hydrogen-bond acceptors (Lipinski definition) is 6. The molecule has 0 aromatic heterocycles. The summed E-state index contributed by atoms with van der Waals surface area (Å²) in [5.41, 5.74) is 0.572. The minimum Gasteiger partial charge on any atom is -0.321 e. The van der Waals surface area contributed by atoms with Crippen molar-refractivity contribution in [2.75, 3.05) is 5.32 Å². The lowest BCUT2D eigenvalue weighted by Crippen LogP contribution is -2.31. The maximum atomic E-state index is 13.0. The standard InChI is InChI=1S/C23H17ClN4O6/c1-14-4-2-6-16(10-14)25-23(30)21(12-15-5-3-7-17(11-15)27(31)32)26-22(29)19-13-18(28(33)34)8-9-20(19)24/h2-13H,1H3,(H,25,30)(H,26,29)/b21-12-. The van der Waals surface area contributed by atoms with Crippen LogP contribution in [-0.2, 0) is 4.79 Å². The summed E-state index contributed by atoms with van der Waals surface area (Å²) in [7, 11) is 0. The molecule has 2 amide bonds. The van der Waals surface area contributed by atoms with Gasteiger partial charge in [0.05, 0.1) is 20.4 Å². The lowest BCUT2D eigenvalue weighted by atomic mass is 10.1. The zero-order chi connectivity index (χ0) is 24.8. The predicted molar refractivity (Wildman–Crippen MR) is 126 cm³/mol. The van der Waals surface area contributed by atoms with Gasteiger partial charge < -0.3 is 10.6 Å². The van der Waals surface area contributed by atoms with Gasteiger partial charge in [0.15, 0.2) is 0 Å². The minimum absolute atomic E-state index is 0.0584. The average molecular weight is 481 g/mol. The number of rotatable bonds is 7. The van der Waals surface area contributed by atoms with Crippen molar-refractivity contribution in [3.05, 3.63) is 114 Å².